The molecule has 14 heavy (non-hydrogen) atoms. The van der Waals surface area contributed by atoms with Crippen molar-refractivity contribution in [3.63, 3.8) is 0 Å². The molecule has 1 heteroatoms. The number of hydrogen-bond donors (Lipinski definition) is 1. The highest BCUT2D eigenvalue weighted by Crippen LogP contribution is 2.21. The Labute approximate surface area is 85.0 Å². The van der Waals surface area contributed by atoms with Gasteiger partial charge in [0, 0.05) is 0 Å². The topological polar surface area (TPSA) is 35.0 Å². The Morgan fingerprint density at radius 2 is 1.29 bits per heavy atom. The van der Waals surface area contributed by atoms with E-state index in [1.54, 1.807) is 0 Å². The van der Waals surface area contributed by atoms with Gasteiger partial charge in [0.05, 0.1) is 0 Å². The summed E-state index contributed by atoms with van der Waals surface area (Å²) in [6.45, 7) is 2.14. The third-order valence-electron chi connectivity index (χ3n) is 2.23. The molecule has 0 unspecified atom stereocenters. The zero-order valence-corrected chi connectivity index (χ0v) is 8.40. The smallest absolute Gasteiger partial charge is 0.0155 e. The van der Waals surface area contributed by atoms with Gasteiger partial charge in [-0.25, -0.2) is 0 Å². The standard InChI is InChI=1S/C13H12.H3N/c1-11-7-5-6-10-13(11)12-8-3-2-4-9-12;/h2-10H,1H3;1H3. The van der Waals surface area contributed by atoms with Crippen molar-refractivity contribution in [1.82, 2.24) is 6.15 Å². The van der Waals surface area contributed by atoms with E-state index in [-0.39, 0.29) is 6.15 Å². The lowest BCUT2D eigenvalue weighted by molar-refractivity contribution is 1.46. The zero-order valence-electron chi connectivity index (χ0n) is 8.40. The van der Waals surface area contributed by atoms with Gasteiger partial charge < -0.3 is 6.15 Å². The molecule has 2 rings (SSSR count). The Morgan fingerprint density at radius 1 is 0.714 bits per heavy atom. The molecule has 72 valence electrons. The number of rotatable bonds is 1. The number of benzene rings is 2. The quantitative estimate of drug-likeness (QED) is 0.720. The first-order valence-electron chi connectivity index (χ1n) is 4.49. The van der Waals surface area contributed by atoms with Crippen LogP contribution in [0.1, 0.15) is 5.56 Å². The van der Waals surface area contributed by atoms with E-state index < -0.39 is 0 Å². The third kappa shape index (κ3) is 2.01. The van der Waals surface area contributed by atoms with Gasteiger partial charge in [-0.15, -0.1) is 0 Å². The van der Waals surface area contributed by atoms with Crippen LogP contribution in [-0.2, 0) is 0 Å². The van der Waals surface area contributed by atoms with Gasteiger partial charge in [-0.2, -0.15) is 0 Å². The molecule has 2 aromatic rings. The first-order valence-corrected chi connectivity index (χ1v) is 4.49. The summed E-state index contributed by atoms with van der Waals surface area (Å²) in [5, 5.41) is 0. The molecule has 0 fully saturated rings. The third-order valence-corrected chi connectivity index (χ3v) is 2.23. The van der Waals surface area contributed by atoms with E-state index in [4.69, 9.17) is 0 Å². The summed E-state index contributed by atoms with van der Waals surface area (Å²) < 4.78 is 0. The van der Waals surface area contributed by atoms with Crippen molar-refractivity contribution < 1.29 is 0 Å². The molecule has 3 N–H and O–H groups in total. The molecule has 0 amide bonds. The minimum atomic E-state index is 0. The monoisotopic (exact) mass is 185 g/mol. The van der Waals surface area contributed by atoms with Crippen molar-refractivity contribution in [2.24, 2.45) is 0 Å². The molecule has 0 aliphatic carbocycles. The largest absolute Gasteiger partial charge is 0.344 e. The minimum absolute atomic E-state index is 0. The van der Waals surface area contributed by atoms with Gasteiger partial charge in [-0.1, -0.05) is 54.6 Å². The average molecular weight is 185 g/mol. The number of aryl methyl sites for hydroxylation is 1. The lowest BCUT2D eigenvalue weighted by Gasteiger charge is -2.04. The van der Waals surface area contributed by atoms with E-state index in [1.807, 2.05) is 6.07 Å². The summed E-state index contributed by atoms with van der Waals surface area (Å²) in [6.07, 6.45) is 0. The van der Waals surface area contributed by atoms with Gasteiger partial charge >= 0.3 is 0 Å². The summed E-state index contributed by atoms with van der Waals surface area (Å²) >= 11 is 0. The highest BCUT2D eigenvalue weighted by atomic mass is 14.0. The molecule has 0 atom stereocenters. The van der Waals surface area contributed by atoms with Gasteiger partial charge in [0.25, 0.3) is 0 Å². The number of hydrogen-bond acceptors (Lipinski definition) is 1. The predicted octanol–water partition coefficient (Wildman–Crippen LogP) is 3.82. The first-order chi connectivity index (χ1) is 6.38. The molecule has 0 saturated carbocycles. The van der Waals surface area contributed by atoms with Gasteiger partial charge in [-0.05, 0) is 23.6 Å². The van der Waals surface area contributed by atoms with E-state index in [1.165, 1.54) is 16.7 Å². The zero-order chi connectivity index (χ0) is 9.10. The van der Waals surface area contributed by atoms with Gasteiger partial charge in [-0.3, -0.25) is 0 Å². The average Bonchev–Trinajstić information content (AvgIpc) is 2.20. The predicted molar refractivity (Wildman–Crippen MR) is 61.6 cm³/mol. The summed E-state index contributed by atoms with van der Waals surface area (Å²) in [5.74, 6) is 0. The second kappa shape index (κ2) is 4.58. The van der Waals surface area contributed by atoms with E-state index >= 15 is 0 Å². The summed E-state index contributed by atoms with van der Waals surface area (Å²) in [6, 6.07) is 18.9. The fourth-order valence-electron chi connectivity index (χ4n) is 1.51. The molecule has 0 bridgehead atoms. The van der Waals surface area contributed by atoms with Crippen LogP contribution in [0.15, 0.2) is 54.6 Å². The maximum Gasteiger partial charge on any atom is -0.0155 e. The SMILES string of the molecule is Cc1ccccc1-c1ccccc1.N. The molecule has 0 aliphatic heterocycles. The molecule has 0 heterocycles. The van der Waals surface area contributed by atoms with Gasteiger partial charge in [0.1, 0.15) is 0 Å². The lowest BCUT2D eigenvalue weighted by atomic mass is 10.0. The van der Waals surface area contributed by atoms with Crippen molar-refractivity contribution in [1.29, 1.82) is 0 Å². The van der Waals surface area contributed by atoms with Crippen molar-refractivity contribution in [2.75, 3.05) is 0 Å². The highest BCUT2D eigenvalue weighted by molar-refractivity contribution is 5.66. The fraction of sp³-hybridized carbons (Fsp3) is 0.0769. The minimum Gasteiger partial charge on any atom is -0.344 e. The second-order valence-corrected chi connectivity index (χ2v) is 3.18. The van der Waals surface area contributed by atoms with E-state index in [0.29, 0.717) is 0 Å². The van der Waals surface area contributed by atoms with Crippen LogP contribution < -0.4 is 6.15 Å². The Hall–Kier alpha value is -1.60. The molecule has 0 radical (unpaired) electrons. The molecular weight excluding hydrogens is 170 g/mol. The van der Waals surface area contributed by atoms with Crippen LogP contribution in [0.3, 0.4) is 0 Å². The van der Waals surface area contributed by atoms with E-state index in [0.717, 1.165) is 0 Å². The van der Waals surface area contributed by atoms with Crippen LogP contribution in [0.2, 0.25) is 0 Å². The van der Waals surface area contributed by atoms with E-state index in [2.05, 4.69) is 55.5 Å². The molecule has 0 spiro atoms. The Balaban J connectivity index is 0.000000980. The molecular formula is C13H15N. The van der Waals surface area contributed by atoms with Crippen LogP contribution in [0.25, 0.3) is 11.1 Å². The van der Waals surface area contributed by atoms with Crippen LogP contribution in [0.4, 0.5) is 0 Å². The molecule has 0 aliphatic rings. The molecule has 2 aromatic carbocycles. The maximum absolute atomic E-state index is 2.16. The van der Waals surface area contributed by atoms with Crippen LogP contribution in [0, 0.1) is 6.92 Å². The Bertz CT molecular complexity index is 393. The lowest BCUT2D eigenvalue weighted by Crippen LogP contribution is -1.80. The van der Waals surface area contributed by atoms with Crippen molar-refractivity contribution in [3.05, 3.63) is 60.2 Å². The van der Waals surface area contributed by atoms with E-state index in [9.17, 15) is 0 Å². The van der Waals surface area contributed by atoms with Crippen LogP contribution in [0.5, 0.6) is 0 Å². The fourth-order valence-corrected chi connectivity index (χ4v) is 1.51. The van der Waals surface area contributed by atoms with Gasteiger partial charge in [0.2, 0.25) is 0 Å². The second-order valence-electron chi connectivity index (χ2n) is 3.18. The van der Waals surface area contributed by atoms with Crippen molar-refractivity contribution in [3.8, 4) is 11.1 Å². The summed E-state index contributed by atoms with van der Waals surface area (Å²) in [4.78, 5) is 0. The highest BCUT2D eigenvalue weighted by Gasteiger charge is 1.97. The summed E-state index contributed by atoms with van der Waals surface area (Å²) in [7, 11) is 0. The van der Waals surface area contributed by atoms with Crippen molar-refractivity contribution in [2.45, 2.75) is 6.92 Å². The Morgan fingerprint density at radius 3 is 1.93 bits per heavy atom. The maximum atomic E-state index is 2.16. The first kappa shape index (κ1) is 10.5. The van der Waals surface area contributed by atoms with Crippen molar-refractivity contribution >= 4 is 0 Å². The van der Waals surface area contributed by atoms with Crippen LogP contribution >= 0.6 is 0 Å². The molecule has 1 nitrogen and oxygen atoms in total. The molecule has 0 saturated heterocycles. The molecule has 0 aromatic heterocycles. The Kier molecular flexibility index (Phi) is 3.43. The normalized spacial score (nSPS) is 9.21. The van der Waals surface area contributed by atoms with Gasteiger partial charge in [0.15, 0.2) is 0 Å². The van der Waals surface area contributed by atoms with Crippen LogP contribution in [-0.4, -0.2) is 0 Å². The summed E-state index contributed by atoms with van der Waals surface area (Å²) in [5.41, 5.74) is 3.94.